The fraction of sp³-hybridized carbons (Fsp3) is 0.462. The topological polar surface area (TPSA) is 29.1 Å². The van der Waals surface area contributed by atoms with Crippen LogP contribution in [0.4, 0.5) is 0 Å². The van der Waals surface area contributed by atoms with Crippen molar-refractivity contribution in [3.05, 3.63) is 33.8 Å². The molecule has 2 rings (SSSR count). The van der Waals surface area contributed by atoms with Crippen molar-refractivity contribution >= 4 is 21.8 Å². The molecule has 1 amide bonds. The maximum absolute atomic E-state index is 12.1. The lowest BCUT2D eigenvalue weighted by Gasteiger charge is -2.39. The Morgan fingerprint density at radius 2 is 2.12 bits per heavy atom. The van der Waals surface area contributed by atoms with Gasteiger partial charge in [0.15, 0.2) is 0 Å². The van der Waals surface area contributed by atoms with Crippen molar-refractivity contribution < 1.29 is 4.79 Å². The van der Waals surface area contributed by atoms with Crippen LogP contribution in [0.5, 0.6) is 0 Å². The maximum atomic E-state index is 12.1. The molecule has 1 saturated carbocycles. The molecule has 0 unspecified atom stereocenters. The van der Waals surface area contributed by atoms with Crippen molar-refractivity contribution in [1.29, 1.82) is 0 Å². The van der Waals surface area contributed by atoms with Crippen LogP contribution in [0.3, 0.4) is 0 Å². The predicted octanol–water partition coefficient (Wildman–Crippen LogP) is 3.43. The number of carbonyl (C=O) groups excluding carboxylic acids is 1. The zero-order chi connectivity index (χ0) is 11.8. The first-order chi connectivity index (χ1) is 7.50. The third-order valence-corrected chi connectivity index (χ3v) is 3.93. The molecule has 0 radical (unpaired) electrons. The number of rotatable bonds is 2. The molecular weight excluding hydrogens is 266 g/mol. The molecule has 0 spiro atoms. The normalized spacial score (nSPS) is 17.7. The van der Waals surface area contributed by atoms with Crippen molar-refractivity contribution in [2.75, 3.05) is 0 Å². The lowest BCUT2D eigenvalue weighted by molar-refractivity contribution is 0.0849. The zero-order valence-corrected chi connectivity index (χ0v) is 11.2. The van der Waals surface area contributed by atoms with Crippen molar-refractivity contribution in [2.45, 2.75) is 38.6 Å². The Morgan fingerprint density at radius 1 is 1.44 bits per heavy atom. The average Bonchev–Trinajstić information content (AvgIpc) is 2.19. The van der Waals surface area contributed by atoms with E-state index in [9.17, 15) is 4.79 Å². The summed E-state index contributed by atoms with van der Waals surface area (Å²) in [5.41, 5.74) is 1.85. The quantitative estimate of drug-likeness (QED) is 0.884. The largest absolute Gasteiger partial charge is 0.347 e. The van der Waals surface area contributed by atoms with Crippen molar-refractivity contribution in [1.82, 2.24) is 5.32 Å². The summed E-state index contributed by atoms with van der Waals surface area (Å²) < 4.78 is 0.860. The van der Waals surface area contributed by atoms with Crippen LogP contribution < -0.4 is 5.32 Å². The van der Waals surface area contributed by atoms with E-state index >= 15 is 0 Å². The number of hydrogen-bond acceptors (Lipinski definition) is 1. The van der Waals surface area contributed by atoms with Crippen LogP contribution in [0.2, 0.25) is 0 Å². The lowest BCUT2D eigenvalue weighted by atomic mass is 9.78. The van der Waals surface area contributed by atoms with E-state index in [2.05, 4.69) is 28.2 Å². The van der Waals surface area contributed by atoms with E-state index in [4.69, 9.17) is 0 Å². The van der Waals surface area contributed by atoms with E-state index in [-0.39, 0.29) is 11.4 Å². The van der Waals surface area contributed by atoms with E-state index < -0.39 is 0 Å². The second kappa shape index (κ2) is 4.21. The first-order valence-corrected chi connectivity index (χ1v) is 6.38. The van der Waals surface area contributed by atoms with Gasteiger partial charge in [0.25, 0.3) is 5.91 Å². The number of aryl methyl sites for hydroxylation is 1. The summed E-state index contributed by atoms with van der Waals surface area (Å²) in [5.74, 6) is 0.0257. The van der Waals surface area contributed by atoms with Crippen LogP contribution in [0.25, 0.3) is 0 Å². The van der Waals surface area contributed by atoms with Gasteiger partial charge in [0.05, 0.1) is 5.56 Å². The highest BCUT2D eigenvalue weighted by molar-refractivity contribution is 9.10. The highest BCUT2D eigenvalue weighted by atomic mass is 79.9. The van der Waals surface area contributed by atoms with Gasteiger partial charge in [0.2, 0.25) is 0 Å². The number of nitrogens with one attached hydrogen (secondary N) is 1. The lowest BCUT2D eigenvalue weighted by Crippen LogP contribution is -2.51. The minimum absolute atomic E-state index is 0.0142. The Bertz CT molecular complexity index is 424. The average molecular weight is 282 g/mol. The third kappa shape index (κ3) is 2.29. The van der Waals surface area contributed by atoms with E-state index in [1.54, 1.807) is 0 Å². The molecule has 0 aromatic heterocycles. The summed E-state index contributed by atoms with van der Waals surface area (Å²) in [6, 6.07) is 5.83. The summed E-state index contributed by atoms with van der Waals surface area (Å²) in [6.07, 6.45) is 3.39. The third-order valence-electron chi connectivity index (χ3n) is 3.24. The summed E-state index contributed by atoms with van der Waals surface area (Å²) in [7, 11) is 0. The number of benzene rings is 1. The van der Waals surface area contributed by atoms with Gasteiger partial charge in [0, 0.05) is 10.0 Å². The van der Waals surface area contributed by atoms with Crippen LogP contribution in [0, 0.1) is 6.92 Å². The van der Waals surface area contributed by atoms with Crippen molar-refractivity contribution in [3.63, 3.8) is 0 Å². The second-order valence-electron chi connectivity index (χ2n) is 4.85. The first-order valence-electron chi connectivity index (χ1n) is 5.59. The number of halogens is 1. The summed E-state index contributed by atoms with van der Waals surface area (Å²) >= 11 is 3.42. The molecule has 16 heavy (non-hydrogen) atoms. The van der Waals surface area contributed by atoms with Crippen LogP contribution in [-0.4, -0.2) is 11.4 Å². The monoisotopic (exact) mass is 281 g/mol. The van der Waals surface area contributed by atoms with Gasteiger partial charge in [-0.2, -0.15) is 0 Å². The number of amides is 1. The molecule has 1 fully saturated rings. The standard InChI is InChI=1S/C13H16BrNO/c1-9-4-5-11(14)10(8-9)12(16)15-13(2)6-3-7-13/h4-5,8H,3,6-7H2,1-2H3,(H,15,16). The van der Waals surface area contributed by atoms with Crippen LogP contribution in [-0.2, 0) is 0 Å². The van der Waals surface area contributed by atoms with Gasteiger partial charge in [-0.3, -0.25) is 4.79 Å². The predicted molar refractivity (Wildman–Crippen MR) is 68.6 cm³/mol. The fourth-order valence-corrected chi connectivity index (χ4v) is 2.41. The van der Waals surface area contributed by atoms with Crippen molar-refractivity contribution in [3.8, 4) is 0 Å². The van der Waals surface area contributed by atoms with Crippen LogP contribution >= 0.6 is 15.9 Å². The molecular formula is C13H16BrNO. The highest BCUT2D eigenvalue weighted by Gasteiger charge is 2.33. The van der Waals surface area contributed by atoms with Crippen LogP contribution in [0.1, 0.15) is 42.1 Å². The fourth-order valence-electron chi connectivity index (χ4n) is 1.99. The van der Waals surface area contributed by atoms with Gasteiger partial charge in [0.1, 0.15) is 0 Å². The molecule has 1 aliphatic carbocycles. The van der Waals surface area contributed by atoms with E-state index in [1.807, 2.05) is 25.1 Å². The molecule has 1 aromatic carbocycles. The molecule has 3 heteroatoms. The van der Waals surface area contributed by atoms with Gasteiger partial charge in [-0.25, -0.2) is 0 Å². The van der Waals surface area contributed by atoms with E-state index in [0.717, 1.165) is 28.4 Å². The molecule has 0 heterocycles. The molecule has 86 valence electrons. The molecule has 0 bridgehead atoms. The Balaban J connectivity index is 2.17. The summed E-state index contributed by atoms with van der Waals surface area (Å²) in [5, 5.41) is 3.11. The minimum atomic E-state index is 0.0142. The van der Waals surface area contributed by atoms with Gasteiger partial charge < -0.3 is 5.32 Å². The highest BCUT2D eigenvalue weighted by Crippen LogP contribution is 2.31. The SMILES string of the molecule is Cc1ccc(Br)c(C(=O)NC2(C)CCC2)c1. The number of carbonyl (C=O) groups is 1. The van der Waals surface area contributed by atoms with Gasteiger partial charge in [-0.05, 0) is 61.2 Å². The Kier molecular flexibility index (Phi) is 3.06. The molecule has 2 nitrogen and oxygen atoms in total. The maximum Gasteiger partial charge on any atom is 0.252 e. The Morgan fingerprint density at radius 3 is 2.69 bits per heavy atom. The Hall–Kier alpha value is -0.830. The second-order valence-corrected chi connectivity index (χ2v) is 5.71. The van der Waals surface area contributed by atoms with Crippen LogP contribution in [0.15, 0.2) is 22.7 Å². The molecule has 0 atom stereocenters. The summed E-state index contributed by atoms with van der Waals surface area (Å²) in [4.78, 5) is 12.1. The van der Waals surface area contributed by atoms with Gasteiger partial charge >= 0.3 is 0 Å². The molecule has 0 saturated heterocycles. The number of hydrogen-bond donors (Lipinski definition) is 1. The molecule has 1 aromatic rings. The van der Waals surface area contributed by atoms with E-state index in [0.29, 0.717) is 0 Å². The van der Waals surface area contributed by atoms with E-state index in [1.165, 1.54) is 6.42 Å². The molecule has 1 N–H and O–H groups in total. The van der Waals surface area contributed by atoms with Gasteiger partial charge in [-0.1, -0.05) is 11.6 Å². The van der Waals surface area contributed by atoms with Crippen molar-refractivity contribution in [2.24, 2.45) is 0 Å². The first kappa shape index (κ1) is 11.6. The van der Waals surface area contributed by atoms with Gasteiger partial charge in [-0.15, -0.1) is 0 Å². The smallest absolute Gasteiger partial charge is 0.252 e. The Labute approximate surface area is 105 Å². The minimum Gasteiger partial charge on any atom is -0.347 e. The molecule has 1 aliphatic rings. The zero-order valence-electron chi connectivity index (χ0n) is 9.64. The molecule has 0 aliphatic heterocycles. The summed E-state index contributed by atoms with van der Waals surface area (Å²) in [6.45, 7) is 4.10.